The zero-order valence-corrected chi connectivity index (χ0v) is 19.2. The van der Waals surface area contributed by atoms with Crippen molar-refractivity contribution in [1.29, 1.82) is 0 Å². The Labute approximate surface area is 183 Å². The number of rotatable bonds is 7. The van der Waals surface area contributed by atoms with Gasteiger partial charge in [0.1, 0.15) is 0 Å². The highest BCUT2D eigenvalue weighted by molar-refractivity contribution is 7.89. The van der Waals surface area contributed by atoms with Gasteiger partial charge in [0.15, 0.2) is 0 Å². The van der Waals surface area contributed by atoms with E-state index < -0.39 is 27.6 Å². The van der Waals surface area contributed by atoms with Gasteiger partial charge >= 0.3 is 6.09 Å². The Kier molecular flexibility index (Phi) is 7.80. The number of ether oxygens (including phenoxy) is 1. The lowest BCUT2D eigenvalue weighted by atomic mass is 10.1. The van der Waals surface area contributed by atoms with E-state index in [2.05, 4.69) is 15.4 Å². The van der Waals surface area contributed by atoms with Crippen molar-refractivity contribution in [2.75, 3.05) is 17.2 Å². The monoisotopic (exact) mass is 447 g/mol. The smallest absolute Gasteiger partial charge is 0.411 e. The van der Waals surface area contributed by atoms with Crippen LogP contribution >= 0.6 is 0 Å². The first kappa shape index (κ1) is 24.4. The lowest BCUT2D eigenvalue weighted by Crippen LogP contribution is -2.40. The van der Waals surface area contributed by atoms with E-state index in [-0.39, 0.29) is 10.8 Å². The maximum atomic E-state index is 12.5. The van der Waals surface area contributed by atoms with Crippen molar-refractivity contribution in [3.63, 3.8) is 0 Å². The summed E-state index contributed by atoms with van der Waals surface area (Å²) in [6.45, 7) is 9.43. The summed E-state index contributed by atoms with van der Waals surface area (Å²) in [6, 6.07) is 12.3. The summed E-state index contributed by atoms with van der Waals surface area (Å²) >= 11 is 0. The summed E-state index contributed by atoms with van der Waals surface area (Å²) in [4.78, 5) is 24.4. The summed E-state index contributed by atoms with van der Waals surface area (Å²) in [5.74, 6) is -0.186. The van der Waals surface area contributed by atoms with Gasteiger partial charge < -0.3 is 10.1 Å². The topological polar surface area (TPSA) is 114 Å². The van der Waals surface area contributed by atoms with Crippen LogP contribution in [-0.2, 0) is 14.8 Å². The Morgan fingerprint density at radius 3 is 2.10 bits per heavy atom. The number of sulfonamides is 1. The molecule has 0 radical (unpaired) electrons. The first-order chi connectivity index (χ1) is 14.4. The number of benzene rings is 2. The van der Waals surface area contributed by atoms with Crippen molar-refractivity contribution in [2.24, 2.45) is 5.92 Å². The van der Waals surface area contributed by atoms with E-state index in [0.717, 1.165) is 0 Å². The lowest BCUT2D eigenvalue weighted by molar-refractivity contribution is 0.102. The molecule has 0 saturated carbocycles. The quantitative estimate of drug-likeness (QED) is 0.588. The summed E-state index contributed by atoms with van der Waals surface area (Å²) in [5.41, 5.74) is 0.623. The van der Waals surface area contributed by atoms with Gasteiger partial charge in [-0.1, -0.05) is 19.9 Å². The third-order valence-electron chi connectivity index (χ3n) is 3.78. The molecule has 2 aromatic carbocycles. The third-order valence-corrected chi connectivity index (χ3v) is 5.56. The lowest BCUT2D eigenvalue weighted by Gasteiger charge is -2.20. The molecule has 31 heavy (non-hydrogen) atoms. The largest absolute Gasteiger partial charge is 0.449 e. The maximum Gasteiger partial charge on any atom is 0.411 e. The predicted octanol–water partition coefficient (Wildman–Crippen LogP) is 4.22. The van der Waals surface area contributed by atoms with Gasteiger partial charge in [-0.25, -0.2) is 17.9 Å². The van der Waals surface area contributed by atoms with Crippen LogP contribution in [0.2, 0.25) is 0 Å². The van der Waals surface area contributed by atoms with Crippen LogP contribution in [0.3, 0.4) is 0 Å². The molecule has 0 saturated heterocycles. The number of carbonyl (C=O) groups excluding carboxylic acids is 2. The molecule has 0 aromatic heterocycles. The second-order valence-electron chi connectivity index (χ2n) is 8.53. The molecular weight excluding hydrogens is 418 g/mol. The van der Waals surface area contributed by atoms with E-state index in [9.17, 15) is 18.0 Å². The predicted molar refractivity (Wildman–Crippen MR) is 121 cm³/mol. The third kappa shape index (κ3) is 8.03. The Morgan fingerprint density at radius 1 is 0.968 bits per heavy atom. The number of anilines is 2. The minimum atomic E-state index is -3.68. The summed E-state index contributed by atoms with van der Waals surface area (Å²) in [5, 5.41) is 5.33. The Hall–Kier alpha value is -2.91. The second kappa shape index (κ2) is 9.93. The maximum absolute atomic E-state index is 12.5. The fourth-order valence-electron chi connectivity index (χ4n) is 2.52. The molecule has 0 unspecified atom stereocenters. The minimum absolute atomic E-state index is 0.0742. The fourth-order valence-corrected chi connectivity index (χ4v) is 3.94. The molecule has 8 nitrogen and oxygen atoms in total. The standard InChI is InChI=1S/C22H29N3O5S/c1-15(2)14-30-21(27)24-18-8-6-7-17(13-18)23-20(26)16-9-11-19(12-10-16)31(28,29)25-22(3,4)5/h6-13,15,25H,14H2,1-5H3,(H,23,26)(H,24,27). The minimum Gasteiger partial charge on any atom is -0.449 e. The van der Waals surface area contributed by atoms with Crippen LogP contribution in [0.4, 0.5) is 16.2 Å². The molecule has 168 valence electrons. The van der Waals surface area contributed by atoms with Crippen LogP contribution in [0.1, 0.15) is 45.0 Å². The van der Waals surface area contributed by atoms with Gasteiger partial charge in [-0.15, -0.1) is 0 Å². The first-order valence-corrected chi connectivity index (χ1v) is 11.3. The van der Waals surface area contributed by atoms with Crippen molar-refractivity contribution in [1.82, 2.24) is 4.72 Å². The van der Waals surface area contributed by atoms with Gasteiger partial charge in [0, 0.05) is 22.5 Å². The fraction of sp³-hybridized carbons (Fsp3) is 0.364. The second-order valence-corrected chi connectivity index (χ2v) is 10.2. The van der Waals surface area contributed by atoms with Crippen LogP contribution in [0, 0.1) is 5.92 Å². The summed E-state index contributed by atoms with van der Waals surface area (Å²) < 4.78 is 32.4. The zero-order valence-electron chi connectivity index (χ0n) is 18.4. The van der Waals surface area contributed by atoms with Gasteiger partial charge in [-0.05, 0) is 69.2 Å². The van der Waals surface area contributed by atoms with Gasteiger partial charge in [-0.2, -0.15) is 0 Å². The highest BCUT2D eigenvalue weighted by atomic mass is 32.2. The number of amides is 2. The molecule has 0 bridgehead atoms. The zero-order chi connectivity index (χ0) is 23.2. The number of nitrogens with one attached hydrogen (secondary N) is 3. The van der Waals surface area contributed by atoms with Crippen molar-refractivity contribution in [3.05, 3.63) is 54.1 Å². The molecule has 2 amide bonds. The van der Waals surface area contributed by atoms with E-state index in [0.29, 0.717) is 23.5 Å². The van der Waals surface area contributed by atoms with E-state index in [1.165, 1.54) is 24.3 Å². The molecule has 2 rings (SSSR count). The Morgan fingerprint density at radius 2 is 1.55 bits per heavy atom. The molecule has 0 aliphatic rings. The van der Waals surface area contributed by atoms with Crippen LogP contribution < -0.4 is 15.4 Å². The molecule has 0 fully saturated rings. The van der Waals surface area contributed by atoms with Gasteiger partial charge in [0.05, 0.1) is 11.5 Å². The molecule has 3 N–H and O–H groups in total. The van der Waals surface area contributed by atoms with Gasteiger partial charge in [0.25, 0.3) is 5.91 Å². The highest BCUT2D eigenvalue weighted by Crippen LogP contribution is 2.18. The molecular formula is C22H29N3O5S. The van der Waals surface area contributed by atoms with E-state index in [4.69, 9.17) is 4.74 Å². The van der Waals surface area contributed by atoms with Crippen LogP contribution in [0.25, 0.3) is 0 Å². The van der Waals surface area contributed by atoms with Crippen molar-refractivity contribution >= 4 is 33.4 Å². The average Bonchev–Trinajstić information content (AvgIpc) is 2.65. The first-order valence-electron chi connectivity index (χ1n) is 9.85. The van der Waals surface area contributed by atoms with Crippen LogP contribution in [0.5, 0.6) is 0 Å². The van der Waals surface area contributed by atoms with Crippen LogP contribution in [0.15, 0.2) is 53.4 Å². The number of hydrogen-bond donors (Lipinski definition) is 3. The molecule has 0 spiro atoms. The van der Waals surface area contributed by atoms with Gasteiger partial charge in [0.2, 0.25) is 10.0 Å². The van der Waals surface area contributed by atoms with Crippen molar-refractivity contribution in [3.8, 4) is 0 Å². The van der Waals surface area contributed by atoms with Crippen LogP contribution in [-0.4, -0.2) is 32.6 Å². The van der Waals surface area contributed by atoms with E-state index in [1.54, 1.807) is 45.0 Å². The normalized spacial score (nSPS) is 11.8. The number of carbonyl (C=O) groups is 2. The highest BCUT2D eigenvalue weighted by Gasteiger charge is 2.22. The average molecular weight is 448 g/mol. The molecule has 9 heteroatoms. The van der Waals surface area contributed by atoms with E-state index in [1.807, 2.05) is 13.8 Å². The summed E-state index contributed by atoms with van der Waals surface area (Å²) in [6.07, 6.45) is -0.571. The molecule has 0 heterocycles. The number of hydrogen-bond acceptors (Lipinski definition) is 5. The van der Waals surface area contributed by atoms with Crippen molar-refractivity contribution < 1.29 is 22.7 Å². The molecule has 0 aliphatic heterocycles. The molecule has 0 atom stereocenters. The van der Waals surface area contributed by atoms with Gasteiger partial charge in [-0.3, -0.25) is 10.1 Å². The van der Waals surface area contributed by atoms with E-state index >= 15 is 0 Å². The van der Waals surface area contributed by atoms with Crippen molar-refractivity contribution in [2.45, 2.75) is 45.1 Å². The SMILES string of the molecule is CC(C)COC(=O)Nc1cccc(NC(=O)c2ccc(S(=O)(=O)NC(C)(C)C)cc2)c1. The summed E-state index contributed by atoms with van der Waals surface area (Å²) in [7, 11) is -3.68. The molecule has 2 aromatic rings. The Bertz CT molecular complexity index is 1030. The Balaban J connectivity index is 2.04. The molecule has 0 aliphatic carbocycles.